The molecule has 0 spiro atoms. The molecule has 158 valence electrons. The molecule has 3 aromatic carbocycles. The number of benzene rings is 3. The van der Waals surface area contributed by atoms with Gasteiger partial charge in [0.1, 0.15) is 0 Å². The molecule has 0 saturated carbocycles. The van der Waals surface area contributed by atoms with E-state index in [9.17, 15) is 14.4 Å². The molecule has 2 heterocycles. The number of anilines is 2. The van der Waals surface area contributed by atoms with Gasteiger partial charge in [-0.1, -0.05) is 41.6 Å². The molecule has 1 aliphatic heterocycles. The molecule has 1 aromatic heterocycles. The number of carbonyl (C=O) groups excluding carboxylic acids is 3. The van der Waals surface area contributed by atoms with Gasteiger partial charge in [-0.2, -0.15) is 0 Å². The van der Waals surface area contributed by atoms with Crippen LogP contribution in [0.15, 0.2) is 71.1 Å². The Morgan fingerprint density at radius 3 is 2.38 bits per heavy atom. The van der Waals surface area contributed by atoms with E-state index in [1.807, 2.05) is 31.2 Å². The summed E-state index contributed by atoms with van der Waals surface area (Å²) in [6.07, 6.45) is 0. The van der Waals surface area contributed by atoms with Crippen LogP contribution < -0.4 is 10.2 Å². The maximum absolute atomic E-state index is 12.7. The summed E-state index contributed by atoms with van der Waals surface area (Å²) in [5, 5.41) is 2.87. The number of hydrogen-bond donors (Lipinski definition) is 1. The lowest BCUT2D eigenvalue weighted by Crippen LogP contribution is -2.29. The van der Waals surface area contributed by atoms with Gasteiger partial charge in [-0.3, -0.25) is 14.4 Å². The number of thiazole rings is 1. The molecule has 6 nitrogen and oxygen atoms in total. The van der Waals surface area contributed by atoms with Crippen LogP contribution in [-0.2, 0) is 4.79 Å². The highest BCUT2D eigenvalue weighted by Gasteiger charge is 2.36. The zero-order chi connectivity index (χ0) is 22.2. The molecular formula is C24H17N3O3S2. The molecule has 0 fully saturated rings. The van der Waals surface area contributed by atoms with E-state index in [0.29, 0.717) is 16.8 Å². The first-order valence-corrected chi connectivity index (χ1v) is 11.7. The Morgan fingerprint density at radius 1 is 1.00 bits per heavy atom. The van der Waals surface area contributed by atoms with Gasteiger partial charge in [0, 0.05) is 5.69 Å². The first-order chi connectivity index (χ1) is 15.5. The molecule has 8 heteroatoms. The van der Waals surface area contributed by atoms with Gasteiger partial charge in [-0.25, -0.2) is 9.88 Å². The van der Waals surface area contributed by atoms with Crippen LogP contribution in [0, 0.1) is 6.92 Å². The summed E-state index contributed by atoms with van der Waals surface area (Å²) >= 11 is 2.78. The van der Waals surface area contributed by atoms with E-state index in [-0.39, 0.29) is 23.5 Å². The van der Waals surface area contributed by atoms with Crippen molar-refractivity contribution < 1.29 is 14.4 Å². The fourth-order valence-electron chi connectivity index (χ4n) is 3.48. The van der Waals surface area contributed by atoms with E-state index < -0.39 is 0 Å². The van der Waals surface area contributed by atoms with Crippen molar-refractivity contribution in [3.05, 3.63) is 83.4 Å². The predicted octanol–water partition coefficient (Wildman–Crippen LogP) is 5.14. The van der Waals surface area contributed by atoms with Gasteiger partial charge in [0.25, 0.3) is 11.8 Å². The van der Waals surface area contributed by atoms with Crippen LogP contribution in [0.25, 0.3) is 10.2 Å². The van der Waals surface area contributed by atoms with Gasteiger partial charge in [0.15, 0.2) is 4.34 Å². The first kappa shape index (κ1) is 20.4. The van der Waals surface area contributed by atoms with E-state index in [2.05, 4.69) is 10.3 Å². The topological polar surface area (TPSA) is 79.4 Å². The molecule has 1 N–H and O–H groups in total. The van der Waals surface area contributed by atoms with Gasteiger partial charge in [-0.15, -0.1) is 11.3 Å². The maximum Gasteiger partial charge on any atom is 0.266 e. The van der Waals surface area contributed by atoms with E-state index in [4.69, 9.17) is 0 Å². The quantitative estimate of drug-likeness (QED) is 0.330. The fourth-order valence-corrected chi connectivity index (χ4v) is 5.38. The molecule has 0 radical (unpaired) electrons. The van der Waals surface area contributed by atoms with E-state index in [1.165, 1.54) is 28.0 Å². The summed E-state index contributed by atoms with van der Waals surface area (Å²) in [6, 6.07) is 19.8. The van der Waals surface area contributed by atoms with Crippen molar-refractivity contribution in [1.29, 1.82) is 0 Å². The molecule has 32 heavy (non-hydrogen) atoms. The van der Waals surface area contributed by atoms with E-state index in [0.717, 1.165) is 25.8 Å². The average Bonchev–Trinajstić information content (AvgIpc) is 3.32. The SMILES string of the molecule is Cc1ccc(NC(=O)CSc2nc3ccc(N4C(=O)c5ccccc5C4=O)cc3s2)cc1. The number of imide groups is 1. The zero-order valence-electron chi connectivity index (χ0n) is 17.0. The molecule has 5 rings (SSSR count). The van der Waals surface area contributed by atoms with Crippen molar-refractivity contribution in [3.8, 4) is 0 Å². The molecule has 4 aromatic rings. The number of aromatic nitrogens is 1. The summed E-state index contributed by atoms with van der Waals surface area (Å²) in [6.45, 7) is 1.99. The highest BCUT2D eigenvalue weighted by Crippen LogP contribution is 2.35. The summed E-state index contributed by atoms with van der Waals surface area (Å²) in [5.41, 5.74) is 4.00. The number of aryl methyl sites for hydroxylation is 1. The molecule has 1 aliphatic rings. The molecule has 0 bridgehead atoms. The molecule has 3 amide bonds. The minimum absolute atomic E-state index is 0.107. The van der Waals surface area contributed by atoms with Gasteiger partial charge >= 0.3 is 0 Å². The van der Waals surface area contributed by atoms with Crippen LogP contribution in [0.2, 0.25) is 0 Å². The van der Waals surface area contributed by atoms with Crippen molar-refractivity contribution in [3.63, 3.8) is 0 Å². The molecule has 0 saturated heterocycles. The number of thioether (sulfide) groups is 1. The Kier molecular flexibility index (Phi) is 5.24. The Hall–Kier alpha value is -3.49. The number of hydrogen-bond acceptors (Lipinski definition) is 6. The van der Waals surface area contributed by atoms with E-state index in [1.54, 1.807) is 42.5 Å². The lowest BCUT2D eigenvalue weighted by molar-refractivity contribution is -0.113. The second-order valence-corrected chi connectivity index (χ2v) is 9.58. The lowest BCUT2D eigenvalue weighted by atomic mass is 10.1. The molecule has 0 atom stereocenters. The number of carbonyl (C=O) groups is 3. The van der Waals surface area contributed by atoms with Crippen LogP contribution in [0.3, 0.4) is 0 Å². The second-order valence-electron chi connectivity index (χ2n) is 7.33. The number of nitrogens with one attached hydrogen (secondary N) is 1. The Morgan fingerprint density at radius 2 is 1.69 bits per heavy atom. The average molecular weight is 460 g/mol. The van der Waals surface area contributed by atoms with Crippen LogP contribution in [0.4, 0.5) is 11.4 Å². The van der Waals surface area contributed by atoms with Crippen LogP contribution in [0.5, 0.6) is 0 Å². The van der Waals surface area contributed by atoms with Gasteiger partial charge in [0.2, 0.25) is 5.91 Å². The minimum Gasteiger partial charge on any atom is -0.325 e. The predicted molar refractivity (Wildman–Crippen MR) is 128 cm³/mol. The molecule has 0 aliphatic carbocycles. The Balaban J connectivity index is 1.30. The molecular weight excluding hydrogens is 442 g/mol. The highest BCUT2D eigenvalue weighted by molar-refractivity contribution is 8.01. The number of nitrogens with zero attached hydrogens (tertiary/aromatic N) is 2. The first-order valence-electron chi connectivity index (χ1n) is 9.87. The maximum atomic E-state index is 12.7. The zero-order valence-corrected chi connectivity index (χ0v) is 18.6. The monoisotopic (exact) mass is 459 g/mol. The fraction of sp³-hybridized carbons (Fsp3) is 0.0833. The minimum atomic E-state index is -0.322. The van der Waals surface area contributed by atoms with Crippen molar-refractivity contribution >= 4 is 62.4 Å². The number of amides is 3. The van der Waals surface area contributed by atoms with Crippen molar-refractivity contribution in [2.45, 2.75) is 11.3 Å². The van der Waals surface area contributed by atoms with E-state index >= 15 is 0 Å². The van der Waals surface area contributed by atoms with Gasteiger partial charge < -0.3 is 5.32 Å². The summed E-state index contributed by atoms with van der Waals surface area (Å²) in [7, 11) is 0. The largest absolute Gasteiger partial charge is 0.325 e. The number of rotatable bonds is 5. The van der Waals surface area contributed by atoms with Crippen molar-refractivity contribution in [1.82, 2.24) is 4.98 Å². The number of fused-ring (bicyclic) bond motifs is 2. The highest BCUT2D eigenvalue weighted by atomic mass is 32.2. The second kappa shape index (κ2) is 8.22. The third kappa shape index (κ3) is 3.79. The van der Waals surface area contributed by atoms with Gasteiger partial charge in [0.05, 0.1) is 32.8 Å². The van der Waals surface area contributed by atoms with Crippen molar-refractivity contribution in [2.75, 3.05) is 16.0 Å². The standard InChI is InChI=1S/C24H17N3O3S2/c1-14-6-8-15(9-7-14)25-21(28)13-31-24-26-19-11-10-16(12-20(19)32-24)27-22(29)17-4-2-3-5-18(17)23(27)30/h2-12H,13H2,1H3,(H,25,28). The molecule has 0 unspecified atom stereocenters. The summed E-state index contributed by atoms with van der Waals surface area (Å²) in [5.74, 6) is -0.516. The smallest absolute Gasteiger partial charge is 0.266 e. The van der Waals surface area contributed by atoms with Crippen molar-refractivity contribution in [2.24, 2.45) is 0 Å². The summed E-state index contributed by atoms with van der Waals surface area (Å²) in [4.78, 5) is 43.5. The lowest BCUT2D eigenvalue weighted by Gasteiger charge is -2.13. The van der Waals surface area contributed by atoms with Crippen LogP contribution >= 0.6 is 23.1 Å². The summed E-state index contributed by atoms with van der Waals surface area (Å²) < 4.78 is 1.60. The third-order valence-electron chi connectivity index (χ3n) is 5.07. The Bertz CT molecular complexity index is 1340. The van der Waals surface area contributed by atoms with Gasteiger partial charge in [-0.05, 0) is 49.4 Å². The Labute approximate surface area is 192 Å². The normalized spacial score (nSPS) is 13.0. The van der Waals surface area contributed by atoms with Crippen LogP contribution in [-0.4, -0.2) is 28.5 Å². The van der Waals surface area contributed by atoms with Crippen LogP contribution in [0.1, 0.15) is 26.3 Å². The third-order valence-corrected chi connectivity index (χ3v) is 7.23.